The minimum absolute atomic E-state index is 0. The third-order valence-electron chi connectivity index (χ3n) is 4.39. The molecule has 3 heterocycles. The van der Waals surface area contributed by atoms with Crippen LogP contribution in [0.25, 0.3) is 11.0 Å². The molecule has 2 aliphatic rings. The zero-order valence-corrected chi connectivity index (χ0v) is 14.3. The third-order valence-corrected chi connectivity index (χ3v) is 4.95. The number of hydrogen-bond acceptors (Lipinski definition) is 4. The summed E-state index contributed by atoms with van der Waals surface area (Å²) in [6.45, 7) is 0. The normalized spacial score (nSPS) is 26.7. The molecule has 0 saturated carbocycles. The van der Waals surface area contributed by atoms with Crippen LogP contribution in [0.1, 0.15) is 25.7 Å². The molecule has 0 amide bonds. The van der Waals surface area contributed by atoms with Crippen LogP contribution in [-0.4, -0.2) is 18.2 Å². The highest BCUT2D eigenvalue weighted by atomic mass is 79.9. The molecule has 2 aliphatic heterocycles. The summed E-state index contributed by atoms with van der Waals surface area (Å²) in [5.41, 5.74) is 0.229. The molecule has 0 spiro atoms. The Labute approximate surface area is 142 Å². The van der Waals surface area contributed by atoms with Crippen molar-refractivity contribution in [3.63, 3.8) is 0 Å². The van der Waals surface area contributed by atoms with Gasteiger partial charge in [-0.25, -0.2) is 4.79 Å². The lowest BCUT2D eigenvalue weighted by Crippen LogP contribution is -2.42. The summed E-state index contributed by atoms with van der Waals surface area (Å²) >= 11 is 3.21. The number of hydrogen-bond donors (Lipinski definition) is 1. The Balaban J connectivity index is 0.00000144. The van der Waals surface area contributed by atoms with Crippen LogP contribution in [0.3, 0.4) is 0 Å². The number of piperidine rings is 1. The maximum atomic E-state index is 11.5. The van der Waals surface area contributed by atoms with Crippen molar-refractivity contribution in [3.05, 3.63) is 39.2 Å². The average molecular weight is 387 g/mol. The Morgan fingerprint density at radius 3 is 2.64 bits per heavy atom. The third kappa shape index (κ3) is 3.03. The maximum Gasteiger partial charge on any atom is 0.350 e. The largest absolute Gasteiger partial charge is 0.490 e. The number of fused-ring (bicyclic) bond motifs is 3. The van der Waals surface area contributed by atoms with Crippen LogP contribution in [-0.2, 0) is 0 Å². The van der Waals surface area contributed by atoms with E-state index in [0.717, 1.165) is 24.0 Å². The van der Waals surface area contributed by atoms with Crippen LogP contribution in [0, 0.1) is 0 Å². The first-order valence-electron chi connectivity index (χ1n) is 7.33. The van der Waals surface area contributed by atoms with Gasteiger partial charge in [0.1, 0.15) is 21.9 Å². The van der Waals surface area contributed by atoms with Gasteiger partial charge in [-0.2, -0.15) is 0 Å². The molecule has 2 fully saturated rings. The van der Waals surface area contributed by atoms with Gasteiger partial charge in [0.2, 0.25) is 0 Å². The van der Waals surface area contributed by atoms with Crippen LogP contribution in [0.5, 0.6) is 5.75 Å². The van der Waals surface area contributed by atoms with E-state index in [1.807, 2.05) is 12.1 Å². The second kappa shape index (κ2) is 6.22. The van der Waals surface area contributed by atoms with Crippen molar-refractivity contribution in [2.45, 2.75) is 43.9 Å². The highest BCUT2D eigenvalue weighted by Gasteiger charge is 2.34. The summed E-state index contributed by atoms with van der Waals surface area (Å²) in [6.07, 6.45) is 4.95. The number of rotatable bonds is 2. The van der Waals surface area contributed by atoms with Crippen LogP contribution < -0.4 is 15.7 Å². The zero-order chi connectivity index (χ0) is 14.4. The Morgan fingerprint density at radius 1 is 1.18 bits per heavy atom. The van der Waals surface area contributed by atoms with E-state index in [0.29, 0.717) is 22.1 Å². The summed E-state index contributed by atoms with van der Waals surface area (Å²) in [7, 11) is 0. The maximum absolute atomic E-state index is 11.5. The standard InChI is InChI=1S/C16H16BrNO3.ClH/c17-14-6-9-5-12(3-4-15(9)21-16(14)19)20-13-7-10-1-2-11(8-13)18-10;/h3-6,10-11,13,18H,1-2,7-8H2;1H. The van der Waals surface area contributed by atoms with E-state index in [1.165, 1.54) is 12.8 Å². The first kappa shape index (κ1) is 15.8. The monoisotopic (exact) mass is 385 g/mol. The fourth-order valence-corrected chi connectivity index (χ4v) is 3.77. The average Bonchev–Trinajstić information content (AvgIpc) is 2.80. The Bertz CT molecular complexity index is 736. The van der Waals surface area contributed by atoms with E-state index >= 15 is 0 Å². The molecule has 1 aromatic heterocycles. The zero-order valence-electron chi connectivity index (χ0n) is 11.9. The first-order valence-corrected chi connectivity index (χ1v) is 8.13. The van der Waals surface area contributed by atoms with Gasteiger partial charge in [-0.3, -0.25) is 0 Å². The van der Waals surface area contributed by atoms with Gasteiger partial charge in [-0.05, 0) is 65.9 Å². The molecule has 1 aromatic carbocycles. The van der Waals surface area contributed by atoms with Gasteiger partial charge in [-0.15, -0.1) is 12.4 Å². The minimum Gasteiger partial charge on any atom is -0.490 e. The molecule has 0 aliphatic carbocycles. The van der Waals surface area contributed by atoms with E-state index in [4.69, 9.17) is 9.15 Å². The fourth-order valence-electron chi connectivity index (χ4n) is 3.44. The van der Waals surface area contributed by atoms with Gasteiger partial charge >= 0.3 is 5.63 Å². The quantitative estimate of drug-likeness (QED) is 0.801. The van der Waals surface area contributed by atoms with Crippen molar-refractivity contribution < 1.29 is 9.15 Å². The van der Waals surface area contributed by atoms with Crippen molar-refractivity contribution >= 4 is 39.3 Å². The van der Waals surface area contributed by atoms with Gasteiger partial charge in [-0.1, -0.05) is 0 Å². The molecular weight excluding hydrogens is 370 g/mol. The highest BCUT2D eigenvalue weighted by molar-refractivity contribution is 9.10. The molecule has 4 rings (SSSR count). The van der Waals surface area contributed by atoms with Gasteiger partial charge in [0.25, 0.3) is 0 Å². The van der Waals surface area contributed by atoms with Gasteiger partial charge in [0.15, 0.2) is 0 Å². The van der Waals surface area contributed by atoms with Gasteiger partial charge in [0, 0.05) is 17.5 Å². The number of ether oxygens (including phenoxy) is 1. The Hall–Kier alpha value is -1.04. The number of nitrogens with one attached hydrogen (secondary N) is 1. The van der Waals surface area contributed by atoms with Crippen LogP contribution >= 0.6 is 28.3 Å². The second-order valence-corrected chi connectivity index (χ2v) is 6.78. The van der Waals surface area contributed by atoms with Crippen molar-refractivity contribution in [1.82, 2.24) is 5.32 Å². The number of halogens is 2. The van der Waals surface area contributed by atoms with Crippen molar-refractivity contribution in [3.8, 4) is 5.75 Å². The molecule has 22 heavy (non-hydrogen) atoms. The lowest BCUT2D eigenvalue weighted by Gasteiger charge is -2.29. The van der Waals surface area contributed by atoms with Crippen LogP contribution in [0.4, 0.5) is 0 Å². The molecule has 2 unspecified atom stereocenters. The van der Waals surface area contributed by atoms with E-state index in [-0.39, 0.29) is 24.1 Å². The lowest BCUT2D eigenvalue weighted by atomic mass is 10.0. The van der Waals surface area contributed by atoms with E-state index in [9.17, 15) is 4.79 Å². The fraction of sp³-hybridized carbons (Fsp3) is 0.438. The van der Waals surface area contributed by atoms with Crippen LogP contribution in [0.2, 0.25) is 0 Å². The molecule has 1 N–H and O–H groups in total. The van der Waals surface area contributed by atoms with E-state index < -0.39 is 0 Å². The van der Waals surface area contributed by atoms with Gasteiger partial charge < -0.3 is 14.5 Å². The summed E-state index contributed by atoms with van der Waals surface area (Å²) in [4.78, 5) is 11.5. The molecule has 2 bridgehead atoms. The molecular formula is C16H17BrClNO3. The molecule has 0 radical (unpaired) electrons. The molecule has 4 nitrogen and oxygen atoms in total. The summed E-state index contributed by atoms with van der Waals surface area (Å²) in [5.74, 6) is 0.842. The molecule has 118 valence electrons. The molecule has 6 heteroatoms. The highest BCUT2D eigenvalue weighted by Crippen LogP contribution is 2.30. The van der Waals surface area contributed by atoms with Crippen molar-refractivity contribution in [2.75, 3.05) is 0 Å². The summed E-state index contributed by atoms with van der Waals surface area (Å²) in [6, 6.07) is 8.62. The summed E-state index contributed by atoms with van der Waals surface area (Å²) < 4.78 is 11.8. The van der Waals surface area contributed by atoms with Gasteiger partial charge in [0.05, 0.1) is 0 Å². The Morgan fingerprint density at radius 2 is 1.91 bits per heavy atom. The summed E-state index contributed by atoms with van der Waals surface area (Å²) in [5, 5.41) is 4.48. The molecule has 2 aromatic rings. The SMILES string of the molecule is Cl.O=c1oc2ccc(OC3CC4CCC(C3)N4)cc2cc1Br. The van der Waals surface area contributed by atoms with E-state index in [2.05, 4.69) is 21.2 Å². The Kier molecular flexibility index (Phi) is 4.48. The predicted molar refractivity (Wildman–Crippen MR) is 91.0 cm³/mol. The molecule has 2 atom stereocenters. The second-order valence-electron chi connectivity index (χ2n) is 5.93. The first-order chi connectivity index (χ1) is 10.2. The molecule has 2 saturated heterocycles. The predicted octanol–water partition coefficient (Wildman–Crippen LogP) is 3.64. The minimum atomic E-state index is -0.355. The lowest BCUT2D eigenvalue weighted by molar-refractivity contribution is 0.137. The van der Waals surface area contributed by atoms with Crippen molar-refractivity contribution in [1.29, 1.82) is 0 Å². The van der Waals surface area contributed by atoms with E-state index in [1.54, 1.807) is 12.1 Å². The number of benzene rings is 1. The van der Waals surface area contributed by atoms with Crippen molar-refractivity contribution in [2.24, 2.45) is 0 Å². The topological polar surface area (TPSA) is 51.5 Å². The van der Waals surface area contributed by atoms with Crippen LogP contribution in [0.15, 0.2) is 37.9 Å². The smallest absolute Gasteiger partial charge is 0.350 e.